The van der Waals surface area contributed by atoms with Crippen LogP contribution in [0.25, 0.3) is 0 Å². The zero-order chi connectivity index (χ0) is 13.3. The number of benzene rings is 1. The Hall–Kier alpha value is 0.0600. The van der Waals surface area contributed by atoms with E-state index in [1.165, 1.54) is 23.5 Å². The second-order valence-corrected chi connectivity index (χ2v) is 7.39. The number of halogens is 4. The van der Waals surface area contributed by atoms with Crippen molar-refractivity contribution < 1.29 is 9.50 Å². The van der Waals surface area contributed by atoms with Gasteiger partial charge in [0.15, 0.2) is 0 Å². The highest BCUT2D eigenvalue weighted by Crippen LogP contribution is 2.36. The summed E-state index contributed by atoms with van der Waals surface area (Å²) in [5, 5.41) is 10.5. The molecule has 1 aromatic heterocycles. The number of aliphatic hydroxyl groups is 1. The predicted molar refractivity (Wildman–Crippen MR) is 79.8 cm³/mol. The minimum atomic E-state index is -0.652. The van der Waals surface area contributed by atoms with Crippen molar-refractivity contribution in [3.05, 3.63) is 53.8 Å². The molecule has 1 unspecified atom stereocenters. The van der Waals surface area contributed by atoms with Gasteiger partial charge in [0.2, 0.25) is 0 Å². The van der Waals surface area contributed by atoms with Crippen molar-refractivity contribution in [1.29, 1.82) is 0 Å². The average molecular weight is 415 g/mol. The van der Waals surface area contributed by atoms with Crippen LogP contribution >= 0.6 is 54.8 Å². The predicted octanol–water partition coefficient (Wildman–Crippen LogP) is 5.34. The summed E-state index contributed by atoms with van der Waals surface area (Å²) in [6, 6.07) is 6.05. The summed E-state index contributed by atoms with van der Waals surface area (Å²) in [5.74, 6) is -0.375. The van der Waals surface area contributed by atoms with Crippen LogP contribution in [0, 0.1) is 5.82 Å². The monoisotopic (exact) mass is 412 g/mol. The molecule has 2 aromatic rings. The normalized spacial score (nSPS) is 12.7. The molecule has 0 saturated carbocycles. The lowest BCUT2D eigenvalue weighted by Gasteiger charge is -2.10. The molecule has 0 bridgehead atoms. The molecule has 0 radical (unpaired) electrons. The quantitative estimate of drug-likeness (QED) is 0.719. The first-order valence-corrected chi connectivity index (χ1v) is 7.82. The van der Waals surface area contributed by atoms with Gasteiger partial charge < -0.3 is 5.11 Å². The lowest BCUT2D eigenvalue weighted by molar-refractivity contribution is 0.182. The first-order valence-electron chi connectivity index (χ1n) is 5.04. The van der Waals surface area contributed by atoms with E-state index in [1.54, 1.807) is 6.07 Å². The summed E-state index contributed by atoms with van der Waals surface area (Å²) in [6.45, 7) is 0. The zero-order valence-electron chi connectivity index (χ0n) is 8.96. The van der Waals surface area contributed by atoms with E-state index in [4.69, 9.17) is 11.6 Å². The Bertz CT molecular complexity index is 554. The fraction of sp³-hybridized carbons (Fsp3) is 0.167. The van der Waals surface area contributed by atoms with E-state index in [0.29, 0.717) is 11.4 Å². The van der Waals surface area contributed by atoms with Crippen molar-refractivity contribution in [1.82, 2.24) is 0 Å². The molecule has 2 rings (SSSR count). The topological polar surface area (TPSA) is 20.2 Å². The summed E-state index contributed by atoms with van der Waals surface area (Å²) in [4.78, 5) is 0.828. The lowest BCUT2D eigenvalue weighted by Crippen LogP contribution is -2.00. The second-order valence-electron chi connectivity index (χ2n) is 3.73. The summed E-state index contributed by atoms with van der Waals surface area (Å²) in [7, 11) is 0. The van der Waals surface area contributed by atoms with Crippen LogP contribution < -0.4 is 0 Å². The standard InChI is InChI=1S/C12H8Br2ClFOS/c13-8-5-11(18-12(8)14)10(17)3-6-1-2-7(16)4-9(6)15/h1-2,4-5,10,17H,3H2. The number of thiophene rings is 1. The molecule has 0 saturated heterocycles. The largest absolute Gasteiger partial charge is 0.387 e. The molecule has 1 aromatic carbocycles. The summed E-state index contributed by atoms with van der Waals surface area (Å²) >= 11 is 14.1. The maximum absolute atomic E-state index is 12.9. The van der Waals surface area contributed by atoms with Gasteiger partial charge in [0, 0.05) is 20.8 Å². The fourth-order valence-corrected chi connectivity index (χ4v) is 3.84. The summed E-state index contributed by atoms with van der Waals surface area (Å²) in [6.07, 6.45) is -0.293. The van der Waals surface area contributed by atoms with Gasteiger partial charge >= 0.3 is 0 Å². The highest BCUT2D eigenvalue weighted by Gasteiger charge is 2.15. The molecular weight excluding hydrogens is 406 g/mol. The molecule has 0 aliphatic heterocycles. The van der Waals surface area contributed by atoms with Gasteiger partial charge in [-0.2, -0.15) is 0 Å². The van der Waals surface area contributed by atoms with Crippen molar-refractivity contribution in [2.24, 2.45) is 0 Å². The van der Waals surface area contributed by atoms with Gasteiger partial charge in [0.1, 0.15) is 5.82 Å². The van der Waals surface area contributed by atoms with Gasteiger partial charge in [-0.3, -0.25) is 0 Å². The van der Waals surface area contributed by atoms with E-state index in [-0.39, 0.29) is 5.82 Å². The molecule has 1 nitrogen and oxygen atoms in total. The molecule has 0 aliphatic carbocycles. The van der Waals surface area contributed by atoms with Crippen LogP contribution in [-0.4, -0.2) is 5.11 Å². The van der Waals surface area contributed by atoms with Gasteiger partial charge in [-0.05, 0) is 55.6 Å². The molecule has 1 heterocycles. The highest BCUT2D eigenvalue weighted by molar-refractivity contribution is 9.13. The molecule has 1 atom stereocenters. The van der Waals surface area contributed by atoms with Crippen LogP contribution in [0.15, 0.2) is 32.5 Å². The minimum Gasteiger partial charge on any atom is -0.387 e. The molecule has 18 heavy (non-hydrogen) atoms. The van der Waals surface area contributed by atoms with Crippen molar-refractivity contribution in [3.8, 4) is 0 Å². The van der Waals surface area contributed by atoms with Crippen LogP contribution in [0.5, 0.6) is 0 Å². The molecule has 0 fully saturated rings. The third-order valence-electron chi connectivity index (χ3n) is 2.42. The van der Waals surface area contributed by atoms with Crippen LogP contribution in [0.2, 0.25) is 5.02 Å². The Labute approximate surface area is 130 Å². The van der Waals surface area contributed by atoms with E-state index in [2.05, 4.69) is 31.9 Å². The maximum atomic E-state index is 12.9. The van der Waals surface area contributed by atoms with Gasteiger partial charge in [0.25, 0.3) is 0 Å². The van der Waals surface area contributed by atoms with Crippen molar-refractivity contribution in [2.45, 2.75) is 12.5 Å². The Morgan fingerprint density at radius 1 is 1.33 bits per heavy atom. The van der Waals surface area contributed by atoms with Gasteiger partial charge in [0.05, 0.1) is 9.89 Å². The Morgan fingerprint density at radius 2 is 2.06 bits per heavy atom. The molecular formula is C12H8Br2ClFOS. The van der Waals surface area contributed by atoms with E-state index in [0.717, 1.165) is 18.7 Å². The van der Waals surface area contributed by atoms with Crippen LogP contribution in [-0.2, 0) is 6.42 Å². The first kappa shape index (κ1) is 14.5. The second kappa shape index (κ2) is 6.01. The SMILES string of the molecule is OC(Cc1ccc(F)cc1Cl)c1cc(Br)c(Br)s1. The lowest BCUT2D eigenvalue weighted by atomic mass is 10.1. The van der Waals surface area contributed by atoms with Gasteiger partial charge in [-0.15, -0.1) is 11.3 Å². The molecule has 1 N–H and O–H groups in total. The number of aliphatic hydroxyl groups excluding tert-OH is 1. The summed E-state index contributed by atoms with van der Waals surface area (Å²) < 4.78 is 14.7. The first-order chi connectivity index (χ1) is 8.47. The maximum Gasteiger partial charge on any atom is 0.124 e. The van der Waals surface area contributed by atoms with Crippen molar-refractivity contribution >= 4 is 54.8 Å². The minimum absolute atomic E-state index is 0.337. The molecule has 0 amide bonds. The average Bonchev–Trinajstić information content (AvgIpc) is 2.63. The number of hydrogen-bond acceptors (Lipinski definition) is 2. The summed E-state index contributed by atoms with van der Waals surface area (Å²) in [5.41, 5.74) is 0.728. The van der Waals surface area contributed by atoms with E-state index >= 15 is 0 Å². The molecule has 6 heteroatoms. The Kier molecular flexibility index (Phi) is 4.83. The zero-order valence-corrected chi connectivity index (χ0v) is 13.7. The van der Waals surface area contributed by atoms with Gasteiger partial charge in [-0.25, -0.2) is 4.39 Å². The van der Waals surface area contributed by atoms with E-state index in [1.807, 2.05) is 6.07 Å². The third kappa shape index (κ3) is 3.33. The van der Waals surface area contributed by atoms with Crippen molar-refractivity contribution in [3.63, 3.8) is 0 Å². The Morgan fingerprint density at radius 3 is 2.61 bits per heavy atom. The Balaban J connectivity index is 2.18. The van der Waals surface area contributed by atoms with Crippen molar-refractivity contribution in [2.75, 3.05) is 0 Å². The number of rotatable bonds is 3. The van der Waals surface area contributed by atoms with Crippen LogP contribution in [0.1, 0.15) is 16.5 Å². The van der Waals surface area contributed by atoms with E-state index < -0.39 is 6.10 Å². The smallest absolute Gasteiger partial charge is 0.124 e. The van der Waals surface area contributed by atoms with E-state index in [9.17, 15) is 9.50 Å². The van der Waals surface area contributed by atoms with Gasteiger partial charge in [-0.1, -0.05) is 17.7 Å². The highest BCUT2D eigenvalue weighted by atomic mass is 79.9. The van der Waals surface area contributed by atoms with Crippen LogP contribution in [0.3, 0.4) is 0 Å². The molecule has 0 aliphatic rings. The number of hydrogen-bond donors (Lipinski definition) is 1. The molecule has 0 spiro atoms. The molecule has 96 valence electrons. The van der Waals surface area contributed by atoms with Crippen LogP contribution in [0.4, 0.5) is 4.39 Å². The third-order valence-corrected chi connectivity index (χ3v) is 6.13. The fourth-order valence-electron chi connectivity index (χ4n) is 1.52.